The maximum Gasteiger partial charge on any atom is 0.201 e. The van der Waals surface area contributed by atoms with Crippen molar-refractivity contribution < 1.29 is 0 Å². The highest BCUT2D eigenvalue weighted by Gasteiger charge is 2.02. The van der Waals surface area contributed by atoms with Crippen molar-refractivity contribution in [2.75, 3.05) is 5.43 Å². The molecule has 0 amide bonds. The van der Waals surface area contributed by atoms with E-state index < -0.39 is 5.84 Å². The Morgan fingerprint density at radius 3 is 2.71 bits per heavy atom. The van der Waals surface area contributed by atoms with E-state index in [0.717, 1.165) is 0 Å². The van der Waals surface area contributed by atoms with Gasteiger partial charge in [-0.05, 0) is 34.1 Å². The molecule has 1 aromatic rings. The van der Waals surface area contributed by atoms with E-state index in [9.17, 15) is 0 Å². The number of nitrogens with two attached hydrogens (primary N) is 1. The fraction of sp³-hybridized carbons (Fsp3) is 0. The van der Waals surface area contributed by atoms with Crippen molar-refractivity contribution in [1.29, 1.82) is 15.9 Å². The second-order valence-electron chi connectivity index (χ2n) is 2.90. The molecule has 1 aromatic carbocycles. The molecule has 84 valence electrons. The van der Waals surface area contributed by atoms with E-state index in [2.05, 4.69) is 26.5 Å². The Hall–Kier alpha value is -2.38. The van der Waals surface area contributed by atoms with Gasteiger partial charge in [0.15, 0.2) is 5.84 Å². The number of halogens is 1. The molecule has 0 bridgehead atoms. The van der Waals surface area contributed by atoms with Crippen LogP contribution >= 0.6 is 15.9 Å². The van der Waals surface area contributed by atoms with Gasteiger partial charge in [0.25, 0.3) is 0 Å². The molecule has 0 radical (unpaired) electrons. The second-order valence-corrected chi connectivity index (χ2v) is 3.76. The number of hydrazone groups is 1. The van der Waals surface area contributed by atoms with Gasteiger partial charge in [0.1, 0.15) is 12.1 Å². The SMILES string of the molecule is N#C/C(=N\Nc1ccc(Br)c(C#N)c1)C(=N)N. The molecule has 7 heteroatoms. The zero-order chi connectivity index (χ0) is 12.8. The summed E-state index contributed by atoms with van der Waals surface area (Å²) in [5.41, 5.74) is 8.42. The number of hydrogen-bond acceptors (Lipinski definition) is 5. The van der Waals surface area contributed by atoms with Crippen molar-refractivity contribution >= 4 is 33.2 Å². The van der Waals surface area contributed by atoms with Crippen molar-refractivity contribution in [3.8, 4) is 12.1 Å². The van der Waals surface area contributed by atoms with Crippen LogP contribution in [0.15, 0.2) is 27.8 Å². The number of rotatable bonds is 3. The minimum absolute atomic E-state index is 0.216. The average Bonchev–Trinajstić information content (AvgIpc) is 2.31. The lowest BCUT2D eigenvalue weighted by atomic mass is 10.2. The molecule has 0 heterocycles. The molecule has 1 rings (SSSR count). The smallest absolute Gasteiger partial charge is 0.201 e. The summed E-state index contributed by atoms with van der Waals surface area (Å²) in [7, 11) is 0. The van der Waals surface area contributed by atoms with Crippen LogP contribution in [0.4, 0.5) is 5.69 Å². The molecular weight excluding hydrogens is 284 g/mol. The van der Waals surface area contributed by atoms with E-state index in [4.69, 9.17) is 21.7 Å². The molecule has 0 saturated heterocycles. The van der Waals surface area contributed by atoms with E-state index in [1.54, 1.807) is 24.3 Å². The first kappa shape index (κ1) is 12.7. The number of amidine groups is 1. The van der Waals surface area contributed by atoms with Crippen LogP contribution in [0.25, 0.3) is 0 Å². The topological polar surface area (TPSA) is 122 Å². The van der Waals surface area contributed by atoms with Gasteiger partial charge in [0.2, 0.25) is 5.71 Å². The summed E-state index contributed by atoms with van der Waals surface area (Å²) in [5.74, 6) is -0.419. The van der Waals surface area contributed by atoms with Gasteiger partial charge in [-0.1, -0.05) is 0 Å². The Morgan fingerprint density at radius 2 is 2.18 bits per heavy atom. The van der Waals surface area contributed by atoms with E-state index >= 15 is 0 Å². The van der Waals surface area contributed by atoms with Gasteiger partial charge in [-0.2, -0.15) is 15.6 Å². The van der Waals surface area contributed by atoms with Gasteiger partial charge >= 0.3 is 0 Å². The summed E-state index contributed by atoms with van der Waals surface area (Å²) in [6.07, 6.45) is 0. The van der Waals surface area contributed by atoms with E-state index in [1.165, 1.54) is 0 Å². The lowest BCUT2D eigenvalue weighted by Crippen LogP contribution is -2.21. The van der Waals surface area contributed by atoms with E-state index in [1.807, 2.05) is 6.07 Å². The molecule has 17 heavy (non-hydrogen) atoms. The summed E-state index contributed by atoms with van der Waals surface area (Å²) < 4.78 is 0.668. The molecule has 0 unspecified atom stereocenters. The Balaban J connectivity index is 2.95. The molecule has 0 fully saturated rings. The minimum atomic E-state index is -0.419. The summed E-state index contributed by atoms with van der Waals surface area (Å²) >= 11 is 3.21. The Morgan fingerprint density at radius 1 is 1.47 bits per heavy atom. The van der Waals surface area contributed by atoms with Crippen molar-refractivity contribution in [3.05, 3.63) is 28.2 Å². The van der Waals surface area contributed by atoms with Gasteiger partial charge in [0.05, 0.1) is 11.3 Å². The maximum atomic E-state index is 8.80. The first-order chi connectivity index (χ1) is 8.08. The molecule has 0 aromatic heterocycles. The standard InChI is InChI=1S/C10H7BrN6/c11-8-2-1-7(3-6(8)4-12)16-17-9(5-13)10(14)15/h1-3,16H,(H3,14,15)/b17-9+. The molecule has 6 nitrogen and oxygen atoms in total. The van der Waals surface area contributed by atoms with Gasteiger partial charge in [-0.3, -0.25) is 10.8 Å². The first-order valence-electron chi connectivity index (χ1n) is 4.36. The zero-order valence-electron chi connectivity index (χ0n) is 8.53. The number of hydrogen-bond donors (Lipinski definition) is 3. The fourth-order valence-corrected chi connectivity index (χ4v) is 1.28. The first-order valence-corrected chi connectivity index (χ1v) is 5.15. The van der Waals surface area contributed by atoms with Crippen LogP contribution in [0.1, 0.15) is 5.56 Å². The van der Waals surface area contributed by atoms with Crippen molar-refractivity contribution in [2.24, 2.45) is 10.8 Å². The Bertz CT molecular complexity index is 563. The van der Waals surface area contributed by atoms with Gasteiger partial charge < -0.3 is 5.73 Å². The van der Waals surface area contributed by atoms with Gasteiger partial charge in [0, 0.05) is 4.47 Å². The highest BCUT2D eigenvalue weighted by atomic mass is 79.9. The monoisotopic (exact) mass is 290 g/mol. The number of nitrogens with one attached hydrogen (secondary N) is 2. The molecule has 4 N–H and O–H groups in total. The third kappa shape index (κ3) is 3.30. The van der Waals surface area contributed by atoms with Crippen LogP contribution in [-0.4, -0.2) is 11.5 Å². The average molecular weight is 291 g/mol. The third-order valence-electron chi connectivity index (χ3n) is 1.74. The molecule has 0 atom stereocenters. The highest BCUT2D eigenvalue weighted by molar-refractivity contribution is 9.10. The maximum absolute atomic E-state index is 8.80. The molecule has 0 saturated carbocycles. The van der Waals surface area contributed by atoms with Crippen molar-refractivity contribution in [3.63, 3.8) is 0 Å². The lowest BCUT2D eigenvalue weighted by molar-refractivity contribution is 1.32. The quantitative estimate of drug-likeness (QED) is 0.444. The predicted molar refractivity (Wildman–Crippen MR) is 67.4 cm³/mol. The lowest BCUT2D eigenvalue weighted by Gasteiger charge is -2.02. The highest BCUT2D eigenvalue weighted by Crippen LogP contribution is 2.20. The molecule has 0 aliphatic rings. The minimum Gasteiger partial charge on any atom is -0.382 e. The Kier molecular flexibility index (Phi) is 4.21. The largest absolute Gasteiger partial charge is 0.382 e. The molecule has 0 spiro atoms. The van der Waals surface area contributed by atoms with Gasteiger partial charge in [-0.25, -0.2) is 0 Å². The third-order valence-corrected chi connectivity index (χ3v) is 2.44. The number of nitriles is 2. The summed E-state index contributed by atoms with van der Waals surface area (Å²) in [4.78, 5) is 0. The van der Waals surface area contributed by atoms with Crippen LogP contribution in [-0.2, 0) is 0 Å². The van der Waals surface area contributed by atoms with E-state index in [-0.39, 0.29) is 5.71 Å². The van der Waals surface area contributed by atoms with Crippen LogP contribution in [0.2, 0.25) is 0 Å². The Labute approximate surface area is 106 Å². The van der Waals surface area contributed by atoms with Crippen LogP contribution in [0.5, 0.6) is 0 Å². The van der Waals surface area contributed by atoms with Crippen LogP contribution < -0.4 is 11.2 Å². The zero-order valence-corrected chi connectivity index (χ0v) is 10.1. The van der Waals surface area contributed by atoms with Gasteiger partial charge in [-0.15, -0.1) is 0 Å². The summed E-state index contributed by atoms with van der Waals surface area (Å²) in [5, 5.41) is 28.1. The molecule has 0 aliphatic heterocycles. The fourth-order valence-electron chi connectivity index (χ4n) is 0.946. The van der Waals surface area contributed by atoms with Crippen molar-refractivity contribution in [1.82, 2.24) is 0 Å². The summed E-state index contributed by atoms with van der Waals surface area (Å²) in [6.45, 7) is 0. The predicted octanol–water partition coefficient (Wildman–Crippen LogP) is 1.55. The second kappa shape index (κ2) is 5.64. The van der Waals surface area contributed by atoms with E-state index in [0.29, 0.717) is 15.7 Å². The molecule has 0 aliphatic carbocycles. The van der Waals surface area contributed by atoms with Crippen LogP contribution in [0, 0.1) is 28.1 Å². The van der Waals surface area contributed by atoms with Crippen molar-refractivity contribution in [2.45, 2.75) is 0 Å². The number of benzene rings is 1. The number of anilines is 1. The summed E-state index contributed by atoms with van der Waals surface area (Å²) in [6, 6.07) is 8.57. The number of nitrogens with zero attached hydrogens (tertiary/aromatic N) is 3. The molecular formula is C10H7BrN6. The normalized spacial score (nSPS) is 10.2. The van der Waals surface area contributed by atoms with Crippen LogP contribution in [0.3, 0.4) is 0 Å².